The zero-order valence-corrected chi connectivity index (χ0v) is 9.81. The molecule has 0 radical (unpaired) electrons. The van der Waals surface area contributed by atoms with E-state index in [9.17, 15) is 0 Å². The lowest BCUT2D eigenvalue weighted by molar-refractivity contribution is 0.852. The van der Waals surface area contributed by atoms with Crippen LogP contribution < -0.4 is 4.90 Å². The third-order valence-corrected chi connectivity index (χ3v) is 3.50. The van der Waals surface area contributed by atoms with Crippen molar-refractivity contribution in [3.63, 3.8) is 0 Å². The average molecular weight is 232 g/mol. The van der Waals surface area contributed by atoms with Gasteiger partial charge in [-0.05, 0) is 12.8 Å². The lowest BCUT2D eigenvalue weighted by Crippen LogP contribution is -2.19. The van der Waals surface area contributed by atoms with Crippen molar-refractivity contribution in [2.75, 3.05) is 18.0 Å². The average Bonchev–Trinajstić information content (AvgIpc) is 2.74. The topological polar surface area (TPSA) is 29.0 Å². The molecule has 1 saturated heterocycles. The van der Waals surface area contributed by atoms with Crippen molar-refractivity contribution in [2.45, 2.75) is 31.6 Å². The fourth-order valence-electron chi connectivity index (χ4n) is 1.59. The van der Waals surface area contributed by atoms with Crippen LogP contribution in [-0.2, 0) is 6.42 Å². The van der Waals surface area contributed by atoms with Gasteiger partial charge in [0.05, 0.1) is 5.38 Å². The highest BCUT2D eigenvalue weighted by Gasteiger charge is 2.22. The first-order valence-electron chi connectivity index (χ1n) is 5.01. The highest BCUT2D eigenvalue weighted by atomic mass is 35.5. The number of alkyl halides is 1. The van der Waals surface area contributed by atoms with Crippen molar-refractivity contribution in [1.82, 2.24) is 9.36 Å². The number of aryl methyl sites for hydroxylation is 1. The van der Waals surface area contributed by atoms with Gasteiger partial charge < -0.3 is 4.90 Å². The SMILES string of the molecule is CCCc1nsc(N2CCC(Cl)C2)n1. The standard InChI is InChI=1S/C9H14ClN3S/c1-2-3-8-11-9(14-12-8)13-5-4-7(10)6-13/h7H,2-6H2,1H3. The van der Waals surface area contributed by atoms with E-state index in [1.54, 1.807) is 0 Å². The van der Waals surface area contributed by atoms with Gasteiger partial charge in [-0.25, -0.2) is 4.98 Å². The van der Waals surface area contributed by atoms with Crippen molar-refractivity contribution in [3.8, 4) is 0 Å². The largest absolute Gasteiger partial charge is 0.345 e. The van der Waals surface area contributed by atoms with E-state index in [4.69, 9.17) is 11.6 Å². The summed E-state index contributed by atoms with van der Waals surface area (Å²) in [6, 6.07) is 0. The van der Waals surface area contributed by atoms with Crippen LogP contribution in [0.4, 0.5) is 5.13 Å². The predicted molar refractivity (Wildman–Crippen MR) is 60.4 cm³/mol. The molecule has 14 heavy (non-hydrogen) atoms. The number of nitrogens with zero attached hydrogens (tertiary/aromatic N) is 3. The van der Waals surface area contributed by atoms with Crippen LogP contribution in [0.15, 0.2) is 0 Å². The molecule has 2 heterocycles. The molecule has 0 saturated carbocycles. The number of anilines is 1. The van der Waals surface area contributed by atoms with Gasteiger partial charge in [0, 0.05) is 31.0 Å². The Bertz CT molecular complexity index is 302. The smallest absolute Gasteiger partial charge is 0.205 e. The molecular weight excluding hydrogens is 218 g/mol. The van der Waals surface area contributed by atoms with Gasteiger partial charge in [-0.3, -0.25) is 0 Å². The summed E-state index contributed by atoms with van der Waals surface area (Å²) >= 11 is 7.53. The molecule has 0 aliphatic carbocycles. The van der Waals surface area contributed by atoms with Crippen molar-refractivity contribution >= 4 is 28.3 Å². The highest BCUT2D eigenvalue weighted by molar-refractivity contribution is 7.09. The Labute approximate surface area is 93.3 Å². The van der Waals surface area contributed by atoms with Gasteiger partial charge >= 0.3 is 0 Å². The van der Waals surface area contributed by atoms with Gasteiger partial charge in [-0.2, -0.15) is 4.37 Å². The summed E-state index contributed by atoms with van der Waals surface area (Å²) < 4.78 is 4.32. The summed E-state index contributed by atoms with van der Waals surface area (Å²) in [4.78, 5) is 6.72. The molecule has 1 aliphatic heterocycles. The van der Waals surface area contributed by atoms with Crippen LogP contribution in [0.3, 0.4) is 0 Å². The van der Waals surface area contributed by atoms with Crippen molar-refractivity contribution in [2.24, 2.45) is 0 Å². The molecule has 0 bridgehead atoms. The summed E-state index contributed by atoms with van der Waals surface area (Å²) in [7, 11) is 0. The van der Waals surface area contributed by atoms with Crippen LogP contribution in [0.25, 0.3) is 0 Å². The Balaban J connectivity index is 2.02. The van der Waals surface area contributed by atoms with E-state index in [2.05, 4.69) is 21.2 Å². The second-order valence-electron chi connectivity index (χ2n) is 3.58. The Morgan fingerprint density at radius 3 is 3.14 bits per heavy atom. The van der Waals surface area contributed by atoms with Crippen LogP contribution in [0.2, 0.25) is 0 Å². The normalized spacial score (nSPS) is 21.9. The molecule has 1 atom stereocenters. The fraction of sp³-hybridized carbons (Fsp3) is 0.778. The molecule has 0 spiro atoms. The number of halogens is 1. The Kier molecular flexibility index (Phi) is 3.23. The van der Waals surface area contributed by atoms with Gasteiger partial charge in [-0.1, -0.05) is 6.92 Å². The second-order valence-corrected chi connectivity index (χ2v) is 4.92. The summed E-state index contributed by atoms with van der Waals surface area (Å²) in [6.45, 7) is 4.09. The maximum absolute atomic E-state index is 6.04. The summed E-state index contributed by atoms with van der Waals surface area (Å²) in [5.41, 5.74) is 0. The van der Waals surface area contributed by atoms with Gasteiger partial charge in [0.15, 0.2) is 0 Å². The van der Waals surface area contributed by atoms with Gasteiger partial charge in [0.1, 0.15) is 5.82 Å². The minimum atomic E-state index is 0.286. The van der Waals surface area contributed by atoms with E-state index < -0.39 is 0 Å². The zero-order valence-electron chi connectivity index (χ0n) is 8.24. The quantitative estimate of drug-likeness (QED) is 0.748. The molecule has 0 amide bonds. The van der Waals surface area contributed by atoms with Gasteiger partial charge in [0.25, 0.3) is 0 Å². The molecule has 78 valence electrons. The Hall–Kier alpha value is -0.350. The molecule has 1 aliphatic rings. The minimum absolute atomic E-state index is 0.286. The van der Waals surface area contributed by atoms with Crippen molar-refractivity contribution in [3.05, 3.63) is 5.82 Å². The maximum atomic E-state index is 6.04. The monoisotopic (exact) mass is 231 g/mol. The lowest BCUT2D eigenvalue weighted by Gasteiger charge is -2.11. The number of hydrogen-bond acceptors (Lipinski definition) is 4. The molecule has 1 aromatic heterocycles. The first-order valence-corrected chi connectivity index (χ1v) is 6.22. The first-order chi connectivity index (χ1) is 6.79. The van der Waals surface area contributed by atoms with Gasteiger partial charge in [-0.15, -0.1) is 11.6 Å². The third kappa shape index (κ3) is 2.17. The van der Waals surface area contributed by atoms with Crippen molar-refractivity contribution < 1.29 is 0 Å². The fourth-order valence-corrected chi connectivity index (χ4v) is 2.60. The van der Waals surface area contributed by atoms with Crippen LogP contribution in [0.1, 0.15) is 25.6 Å². The summed E-state index contributed by atoms with van der Waals surface area (Å²) in [6.07, 6.45) is 3.15. The van der Waals surface area contributed by atoms with E-state index in [0.29, 0.717) is 0 Å². The van der Waals surface area contributed by atoms with Crippen LogP contribution in [0.5, 0.6) is 0 Å². The molecule has 0 aromatic carbocycles. The zero-order chi connectivity index (χ0) is 9.97. The third-order valence-electron chi connectivity index (χ3n) is 2.33. The maximum Gasteiger partial charge on any atom is 0.205 e. The molecule has 2 rings (SSSR count). The van der Waals surface area contributed by atoms with E-state index in [1.165, 1.54) is 11.5 Å². The van der Waals surface area contributed by atoms with E-state index >= 15 is 0 Å². The van der Waals surface area contributed by atoms with Crippen LogP contribution in [0, 0.1) is 0 Å². The second kappa shape index (κ2) is 4.45. The highest BCUT2D eigenvalue weighted by Crippen LogP contribution is 2.24. The first kappa shape index (κ1) is 10.2. The van der Waals surface area contributed by atoms with Crippen LogP contribution in [-0.4, -0.2) is 27.8 Å². The predicted octanol–water partition coefficient (Wildman–Crippen LogP) is 2.31. The Morgan fingerprint density at radius 1 is 1.64 bits per heavy atom. The molecule has 3 nitrogen and oxygen atoms in total. The molecule has 1 unspecified atom stereocenters. The minimum Gasteiger partial charge on any atom is -0.345 e. The van der Waals surface area contributed by atoms with Crippen LogP contribution >= 0.6 is 23.1 Å². The summed E-state index contributed by atoms with van der Waals surface area (Å²) in [5, 5.41) is 1.32. The molecule has 0 N–H and O–H groups in total. The molecule has 5 heteroatoms. The summed E-state index contributed by atoms with van der Waals surface area (Å²) in [5.74, 6) is 0.977. The number of aromatic nitrogens is 2. The van der Waals surface area contributed by atoms with Crippen molar-refractivity contribution in [1.29, 1.82) is 0 Å². The van der Waals surface area contributed by atoms with E-state index in [0.717, 1.165) is 43.3 Å². The van der Waals surface area contributed by atoms with E-state index in [1.807, 2.05) is 0 Å². The molecule has 1 aromatic rings. The Morgan fingerprint density at radius 2 is 2.50 bits per heavy atom. The van der Waals surface area contributed by atoms with E-state index in [-0.39, 0.29) is 5.38 Å². The number of hydrogen-bond donors (Lipinski definition) is 0. The molecular formula is C9H14ClN3S. The van der Waals surface area contributed by atoms with Gasteiger partial charge in [0.2, 0.25) is 5.13 Å². The number of rotatable bonds is 3. The molecule has 1 fully saturated rings. The lowest BCUT2D eigenvalue weighted by atomic mass is 10.3.